The summed E-state index contributed by atoms with van der Waals surface area (Å²) < 4.78 is 117. The second kappa shape index (κ2) is 13.9. The Morgan fingerprint density at radius 1 is 0.735 bits per heavy atom. The van der Waals surface area contributed by atoms with Crippen LogP contribution in [-0.4, -0.2) is 75.8 Å². The van der Waals surface area contributed by atoms with E-state index < -0.39 is 48.2 Å². The Bertz CT molecular complexity index is 545. The van der Waals surface area contributed by atoms with Crippen molar-refractivity contribution >= 4 is 17.1 Å². The normalized spacial score (nSPS) is 16.1. The van der Waals surface area contributed by atoms with Crippen molar-refractivity contribution in [2.45, 2.75) is 88.8 Å². The van der Waals surface area contributed by atoms with Gasteiger partial charge in [0.05, 0.1) is 6.61 Å². The molecule has 0 N–H and O–H groups in total. The third kappa shape index (κ3) is 10.8. The van der Waals surface area contributed by atoms with Gasteiger partial charge in [-0.2, -0.15) is 26.3 Å². The highest BCUT2D eigenvalue weighted by Gasteiger charge is 2.71. The number of halogens is 7. The summed E-state index contributed by atoms with van der Waals surface area (Å²) in [6.45, 7) is 7.00. The van der Waals surface area contributed by atoms with Crippen LogP contribution >= 0.6 is 0 Å². The van der Waals surface area contributed by atoms with Crippen LogP contribution in [0.4, 0.5) is 30.7 Å². The first-order valence-corrected chi connectivity index (χ1v) is 16.5. The predicted octanol–water partition coefficient (Wildman–Crippen LogP) is 6.52. The van der Waals surface area contributed by atoms with Crippen molar-refractivity contribution < 1.29 is 53.2 Å². The zero-order valence-corrected chi connectivity index (χ0v) is 23.0. The van der Waals surface area contributed by atoms with E-state index in [0.717, 1.165) is 12.8 Å². The van der Waals surface area contributed by atoms with Crippen molar-refractivity contribution in [2.75, 3.05) is 34.5 Å². The molecule has 34 heavy (non-hydrogen) atoms. The third-order valence-corrected chi connectivity index (χ3v) is 9.32. The van der Waals surface area contributed by atoms with Gasteiger partial charge in [-0.15, -0.1) is 0 Å². The molecule has 0 fully saturated rings. The molecule has 0 aliphatic heterocycles. The van der Waals surface area contributed by atoms with Crippen molar-refractivity contribution in [2.24, 2.45) is 5.92 Å². The second-order valence-electron chi connectivity index (χ2n) is 9.23. The summed E-state index contributed by atoms with van der Waals surface area (Å²) in [5.41, 5.74) is -5.29. The lowest BCUT2D eigenvalue weighted by atomic mass is 9.96. The van der Waals surface area contributed by atoms with Gasteiger partial charge in [-0.25, -0.2) is 4.39 Å². The molecule has 14 heteroatoms. The highest BCUT2D eigenvalue weighted by molar-refractivity contribution is 6.69. The van der Waals surface area contributed by atoms with Crippen LogP contribution in [0.15, 0.2) is 0 Å². The lowest BCUT2D eigenvalue weighted by molar-refractivity contribution is -0.345. The van der Waals surface area contributed by atoms with Gasteiger partial charge in [-0.1, -0.05) is 6.92 Å². The average molecular weight is 549 g/mol. The van der Waals surface area contributed by atoms with Gasteiger partial charge in [0.15, 0.2) is 8.32 Å². The van der Waals surface area contributed by atoms with Crippen LogP contribution in [0.3, 0.4) is 0 Å². The Hall–Kier alpha value is -0.256. The summed E-state index contributed by atoms with van der Waals surface area (Å²) in [6.07, 6.45) is -11.7. The highest BCUT2D eigenvalue weighted by atomic mass is 28.4. The van der Waals surface area contributed by atoms with Crippen LogP contribution in [0.25, 0.3) is 0 Å². The maximum absolute atomic E-state index is 13.6. The topological polar surface area (TPSA) is 46.2 Å². The van der Waals surface area contributed by atoms with Gasteiger partial charge in [0, 0.05) is 46.5 Å². The maximum atomic E-state index is 13.6. The van der Waals surface area contributed by atoms with E-state index in [2.05, 4.69) is 0 Å². The number of hydrogen-bond donors (Lipinski definition) is 0. The van der Waals surface area contributed by atoms with E-state index in [1.54, 1.807) is 0 Å². The summed E-state index contributed by atoms with van der Waals surface area (Å²) in [5.74, 6) is 0.123. The first kappa shape index (κ1) is 33.7. The number of hydrogen-bond acceptors (Lipinski definition) is 5. The van der Waals surface area contributed by atoms with Crippen LogP contribution in [0, 0.1) is 5.92 Å². The largest absolute Gasteiger partial charge is 0.500 e. The standard InChI is InChI=1S/C20H39F7O5Si2/c1-16(10-9-15-34(28-2,29-3)30-4)17(32-33(5,6)7)11-8-13-31-14-12-18(21,19(22,23)24)20(25,26)27/h16-17H,8-15H2,1-7H3. The summed E-state index contributed by atoms with van der Waals surface area (Å²) in [5, 5.41) is 0. The predicted molar refractivity (Wildman–Crippen MR) is 119 cm³/mol. The molecular formula is C20H39F7O5Si2. The Morgan fingerprint density at radius 2 is 1.24 bits per heavy atom. The minimum absolute atomic E-state index is 0.100. The summed E-state index contributed by atoms with van der Waals surface area (Å²) in [7, 11) is -0.00573. The quantitative estimate of drug-likeness (QED) is 0.118. The third-order valence-electron chi connectivity index (χ3n) is 5.48. The molecule has 0 heterocycles. The average Bonchev–Trinajstić information content (AvgIpc) is 2.70. The Labute approximate surface area is 200 Å². The van der Waals surface area contributed by atoms with Crippen LogP contribution in [0.1, 0.15) is 39.0 Å². The number of ether oxygens (including phenoxy) is 1. The van der Waals surface area contributed by atoms with Crippen LogP contribution in [0.5, 0.6) is 0 Å². The fraction of sp³-hybridized carbons (Fsp3) is 1.00. The summed E-state index contributed by atoms with van der Waals surface area (Å²) >= 11 is 0. The molecule has 206 valence electrons. The molecular weight excluding hydrogens is 509 g/mol. The number of alkyl halides is 7. The molecule has 0 aliphatic carbocycles. The second-order valence-corrected chi connectivity index (χ2v) is 16.8. The molecule has 0 spiro atoms. The monoisotopic (exact) mass is 548 g/mol. The zero-order valence-electron chi connectivity index (χ0n) is 21.0. The van der Waals surface area contributed by atoms with Crippen LogP contribution in [0.2, 0.25) is 25.7 Å². The van der Waals surface area contributed by atoms with Gasteiger partial charge < -0.3 is 22.4 Å². The summed E-state index contributed by atoms with van der Waals surface area (Å²) in [4.78, 5) is 0. The molecule has 5 nitrogen and oxygen atoms in total. The Morgan fingerprint density at radius 3 is 1.65 bits per heavy atom. The molecule has 0 saturated heterocycles. The lowest BCUT2D eigenvalue weighted by Crippen LogP contribution is -2.53. The van der Waals surface area contributed by atoms with E-state index >= 15 is 0 Å². The fourth-order valence-corrected chi connectivity index (χ4v) is 6.45. The van der Waals surface area contributed by atoms with Gasteiger partial charge in [0.2, 0.25) is 0 Å². The van der Waals surface area contributed by atoms with Crippen molar-refractivity contribution in [3.8, 4) is 0 Å². The van der Waals surface area contributed by atoms with Gasteiger partial charge in [0.25, 0.3) is 0 Å². The van der Waals surface area contributed by atoms with Crippen LogP contribution < -0.4 is 0 Å². The van der Waals surface area contributed by atoms with E-state index in [-0.39, 0.29) is 18.6 Å². The van der Waals surface area contributed by atoms with Crippen molar-refractivity contribution in [3.05, 3.63) is 0 Å². The molecule has 0 radical (unpaired) electrons. The first-order valence-electron chi connectivity index (χ1n) is 11.1. The van der Waals surface area contributed by atoms with Crippen LogP contribution in [-0.2, 0) is 22.4 Å². The Kier molecular flexibility index (Phi) is 13.8. The molecule has 0 aromatic rings. The molecule has 0 bridgehead atoms. The van der Waals surface area contributed by atoms with Crippen molar-refractivity contribution in [1.82, 2.24) is 0 Å². The zero-order chi connectivity index (χ0) is 26.8. The fourth-order valence-electron chi connectivity index (χ4n) is 3.44. The molecule has 0 rings (SSSR count). The van der Waals surface area contributed by atoms with Gasteiger partial charge in [0.1, 0.15) is 0 Å². The lowest BCUT2D eigenvalue weighted by Gasteiger charge is -2.32. The molecule has 0 aliphatic rings. The van der Waals surface area contributed by atoms with E-state index in [0.29, 0.717) is 18.9 Å². The maximum Gasteiger partial charge on any atom is 0.500 e. The summed E-state index contributed by atoms with van der Waals surface area (Å²) in [6, 6.07) is 0.618. The molecule has 0 amide bonds. The highest BCUT2D eigenvalue weighted by Crippen LogP contribution is 2.48. The SMILES string of the molecule is CO[Si](CCCC(C)C(CCCOCCC(F)(C(F)(F)F)C(F)(F)F)O[Si](C)(C)C)(OC)OC. The molecule has 2 atom stereocenters. The number of rotatable bonds is 17. The van der Waals surface area contributed by atoms with E-state index in [1.807, 2.05) is 26.6 Å². The molecule has 0 saturated carbocycles. The molecule has 0 aromatic carbocycles. The smallest absolute Gasteiger partial charge is 0.414 e. The minimum Gasteiger partial charge on any atom is -0.414 e. The molecule has 2 unspecified atom stereocenters. The van der Waals surface area contributed by atoms with Crippen molar-refractivity contribution in [1.29, 1.82) is 0 Å². The van der Waals surface area contributed by atoms with E-state index in [1.165, 1.54) is 21.3 Å². The molecule has 0 aromatic heterocycles. The first-order chi connectivity index (χ1) is 15.4. The van der Waals surface area contributed by atoms with Crippen molar-refractivity contribution in [3.63, 3.8) is 0 Å². The van der Waals surface area contributed by atoms with Gasteiger partial charge in [-0.05, 0) is 51.2 Å². The van der Waals surface area contributed by atoms with Gasteiger partial charge >= 0.3 is 26.8 Å². The Balaban J connectivity index is 4.75. The van der Waals surface area contributed by atoms with E-state index in [9.17, 15) is 30.7 Å². The van der Waals surface area contributed by atoms with E-state index in [4.69, 9.17) is 22.4 Å². The van der Waals surface area contributed by atoms with Gasteiger partial charge in [-0.3, -0.25) is 0 Å². The minimum atomic E-state index is -6.06.